The third-order valence-corrected chi connectivity index (χ3v) is 2.75. The molecule has 0 aromatic carbocycles. The summed E-state index contributed by atoms with van der Waals surface area (Å²) in [5.41, 5.74) is 0. The molecule has 1 atom stereocenters. The monoisotopic (exact) mass is 237 g/mol. The van der Waals surface area contributed by atoms with E-state index in [4.69, 9.17) is 4.74 Å². The number of ether oxygens (including phenoxy) is 1. The average molecular weight is 238 g/mol. The van der Waals surface area contributed by atoms with Crippen LogP contribution in [0.15, 0.2) is 21.7 Å². The highest BCUT2D eigenvalue weighted by molar-refractivity contribution is 9.11. The van der Waals surface area contributed by atoms with Gasteiger partial charge in [-0.1, -0.05) is 6.08 Å². The molecule has 1 aliphatic heterocycles. The van der Waals surface area contributed by atoms with Crippen LogP contribution in [-0.4, -0.2) is 15.4 Å². The van der Waals surface area contributed by atoms with Gasteiger partial charge in [-0.05, 0) is 39.5 Å². The molecule has 0 saturated heterocycles. The SMILES string of the molecule is O=S([O-])C1=C(Br)OCCC=C1. The highest BCUT2D eigenvalue weighted by Gasteiger charge is 2.05. The summed E-state index contributed by atoms with van der Waals surface area (Å²) in [5.74, 6) is 0. The third kappa shape index (κ3) is 2.43. The van der Waals surface area contributed by atoms with Gasteiger partial charge in [0.1, 0.15) is 0 Å². The van der Waals surface area contributed by atoms with Gasteiger partial charge in [-0.25, -0.2) is 0 Å². The van der Waals surface area contributed by atoms with Crippen LogP contribution in [0.4, 0.5) is 0 Å². The molecular weight excluding hydrogens is 232 g/mol. The molecular formula is C6H6BrO3S-. The van der Waals surface area contributed by atoms with Crippen LogP contribution in [0.5, 0.6) is 0 Å². The first kappa shape index (κ1) is 8.96. The van der Waals surface area contributed by atoms with Crippen molar-refractivity contribution in [2.75, 3.05) is 6.61 Å². The Kier molecular flexibility index (Phi) is 3.29. The van der Waals surface area contributed by atoms with Gasteiger partial charge in [0.2, 0.25) is 0 Å². The Morgan fingerprint density at radius 1 is 1.73 bits per heavy atom. The molecule has 0 spiro atoms. The molecule has 62 valence electrons. The fraction of sp³-hybridized carbons (Fsp3) is 0.333. The van der Waals surface area contributed by atoms with Gasteiger partial charge < -0.3 is 9.29 Å². The van der Waals surface area contributed by atoms with E-state index in [2.05, 4.69) is 15.9 Å². The molecule has 1 aliphatic rings. The fourth-order valence-corrected chi connectivity index (χ4v) is 1.75. The first-order chi connectivity index (χ1) is 5.22. The van der Waals surface area contributed by atoms with E-state index in [0.29, 0.717) is 11.3 Å². The molecule has 1 heterocycles. The Morgan fingerprint density at radius 2 is 2.45 bits per heavy atom. The lowest BCUT2D eigenvalue weighted by Gasteiger charge is -2.07. The molecule has 3 nitrogen and oxygen atoms in total. The van der Waals surface area contributed by atoms with Crippen LogP contribution >= 0.6 is 15.9 Å². The van der Waals surface area contributed by atoms with Gasteiger partial charge in [-0.2, -0.15) is 0 Å². The minimum atomic E-state index is -2.22. The highest BCUT2D eigenvalue weighted by Crippen LogP contribution is 2.20. The van der Waals surface area contributed by atoms with Gasteiger partial charge in [0.15, 0.2) is 4.67 Å². The number of allylic oxidation sites excluding steroid dienone is 1. The number of rotatable bonds is 1. The maximum Gasteiger partial charge on any atom is 0.177 e. The lowest BCUT2D eigenvalue weighted by molar-refractivity contribution is 0.248. The summed E-state index contributed by atoms with van der Waals surface area (Å²) in [6.45, 7) is 0.512. The molecule has 5 heteroatoms. The third-order valence-electron chi connectivity index (χ3n) is 1.16. The Bertz CT molecular complexity index is 234. The topological polar surface area (TPSA) is 49.4 Å². The minimum absolute atomic E-state index is 0.169. The molecule has 0 N–H and O–H groups in total. The summed E-state index contributed by atoms with van der Waals surface area (Å²) in [6.07, 6.45) is 4.02. The molecule has 0 aromatic rings. The summed E-state index contributed by atoms with van der Waals surface area (Å²) < 4.78 is 26.3. The second-order valence-corrected chi connectivity index (χ2v) is 3.54. The second kappa shape index (κ2) is 4.04. The second-order valence-electron chi connectivity index (χ2n) is 1.91. The molecule has 11 heavy (non-hydrogen) atoms. The van der Waals surface area contributed by atoms with Crippen LogP contribution in [0.2, 0.25) is 0 Å². The standard InChI is InChI=1S/C6H7BrO3S/c7-6-5(11(8)9)3-1-2-4-10-6/h1,3H,2,4H2,(H,8,9)/p-1. The van der Waals surface area contributed by atoms with E-state index in [0.717, 1.165) is 6.42 Å². The predicted octanol–water partition coefficient (Wildman–Crippen LogP) is 1.41. The summed E-state index contributed by atoms with van der Waals surface area (Å²) in [4.78, 5) is 0.169. The zero-order chi connectivity index (χ0) is 8.27. The van der Waals surface area contributed by atoms with Gasteiger partial charge in [-0.3, -0.25) is 4.21 Å². The molecule has 0 amide bonds. The van der Waals surface area contributed by atoms with E-state index in [1.54, 1.807) is 6.08 Å². The first-order valence-electron chi connectivity index (χ1n) is 3.00. The van der Waals surface area contributed by atoms with Crippen LogP contribution in [0, 0.1) is 0 Å². The maximum absolute atomic E-state index is 10.5. The molecule has 0 aromatic heterocycles. The molecule has 1 rings (SSSR count). The van der Waals surface area contributed by atoms with E-state index in [-0.39, 0.29) is 4.91 Å². The summed E-state index contributed by atoms with van der Waals surface area (Å²) in [6, 6.07) is 0. The van der Waals surface area contributed by atoms with Crippen molar-refractivity contribution in [1.82, 2.24) is 0 Å². The molecule has 1 unspecified atom stereocenters. The Balaban J connectivity index is 2.91. The van der Waals surface area contributed by atoms with E-state index in [9.17, 15) is 8.76 Å². The highest BCUT2D eigenvalue weighted by atomic mass is 79.9. The molecule has 0 aliphatic carbocycles. The zero-order valence-corrected chi connectivity index (χ0v) is 7.98. The van der Waals surface area contributed by atoms with Crippen molar-refractivity contribution in [2.45, 2.75) is 6.42 Å². The molecule has 0 saturated carbocycles. The van der Waals surface area contributed by atoms with Crippen molar-refractivity contribution >= 4 is 27.0 Å². The number of hydrogen-bond acceptors (Lipinski definition) is 3. The summed E-state index contributed by atoms with van der Waals surface area (Å²) in [7, 11) is 0. The largest absolute Gasteiger partial charge is 0.768 e. The minimum Gasteiger partial charge on any atom is -0.768 e. The van der Waals surface area contributed by atoms with Crippen molar-refractivity contribution in [3.8, 4) is 0 Å². The van der Waals surface area contributed by atoms with Crippen molar-refractivity contribution in [3.05, 3.63) is 21.7 Å². The Labute approximate surface area is 75.5 Å². The lowest BCUT2D eigenvalue weighted by atomic mass is 10.4. The van der Waals surface area contributed by atoms with Crippen molar-refractivity contribution in [3.63, 3.8) is 0 Å². The van der Waals surface area contributed by atoms with E-state index in [1.807, 2.05) is 0 Å². The number of halogens is 1. The van der Waals surface area contributed by atoms with Crippen molar-refractivity contribution < 1.29 is 13.5 Å². The normalized spacial score (nSPS) is 20.9. The van der Waals surface area contributed by atoms with Crippen molar-refractivity contribution in [1.29, 1.82) is 0 Å². The van der Waals surface area contributed by atoms with Gasteiger partial charge >= 0.3 is 0 Å². The Morgan fingerprint density at radius 3 is 3.09 bits per heavy atom. The quantitative estimate of drug-likeness (QED) is 0.649. The molecule has 0 radical (unpaired) electrons. The van der Waals surface area contributed by atoms with Crippen LogP contribution in [0.3, 0.4) is 0 Å². The van der Waals surface area contributed by atoms with Gasteiger partial charge in [0.25, 0.3) is 0 Å². The first-order valence-corrected chi connectivity index (χ1v) is 4.87. The summed E-state index contributed by atoms with van der Waals surface area (Å²) >= 11 is 0.796. The maximum atomic E-state index is 10.5. The van der Waals surface area contributed by atoms with Crippen LogP contribution < -0.4 is 0 Å². The van der Waals surface area contributed by atoms with Gasteiger partial charge in [0, 0.05) is 0 Å². The summed E-state index contributed by atoms with van der Waals surface area (Å²) in [5, 5.41) is 0. The van der Waals surface area contributed by atoms with Crippen LogP contribution in [0.1, 0.15) is 6.42 Å². The smallest absolute Gasteiger partial charge is 0.177 e. The van der Waals surface area contributed by atoms with Crippen molar-refractivity contribution in [2.24, 2.45) is 0 Å². The number of hydrogen-bond donors (Lipinski definition) is 0. The van der Waals surface area contributed by atoms with E-state index >= 15 is 0 Å². The molecule has 0 fully saturated rings. The Hall–Kier alpha value is -0.130. The van der Waals surface area contributed by atoms with E-state index in [1.165, 1.54) is 6.08 Å². The van der Waals surface area contributed by atoms with E-state index < -0.39 is 11.1 Å². The lowest BCUT2D eigenvalue weighted by Crippen LogP contribution is -1.94. The predicted molar refractivity (Wildman–Crippen MR) is 44.6 cm³/mol. The van der Waals surface area contributed by atoms with Crippen LogP contribution in [-0.2, 0) is 15.8 Å². The van der Waals surface area contributed by atoms with Gasteiger partial charge in [0.05, 0.1) is 11.5 Å². The van der Waals surface area contributed by atoms with Gasteiger partial charge in [-0.15, -0.1) is 0 Å². The zero-order valence-electron chi connectivity index (χ0n) is 5.58. The van der Waals surface area contributed by atoms with Crippen LogP contribution in [0.25, 0.3) is 0 Å². The fourth-order valence-electron chi connectivity index (χ4n) is 0.665. The average Bonchev–Trinajstić information content (AvgIpc) is 2.13. The molecule has 0 bridgehead atoms.